The lowest BCUT2D eigenvalue weighted by atomic mass is 9.48. The van der Waals surface area contributed by atoms with Gasteiger partial charge in [-0.25, -0.2) is 0 Å². The molecule has 5 aliphatic rings. The normalized spacial score (nSPS) is 48.0. The van der Waals surface area contributed by atoms with E-state index in [4.69, 9.17) is 0 Å². The van der Waals surface area contributed by atoms with E-state index in [9.17, 15) is 14.7 Å². The van der Waals surface area contributed by atoms with Crippen molar-refractivity contribution in [3.05, 3.63) is 0 Å². The Morgan fingerprint density at radius 3 is 2.36 bits per heavy atom. The lowest BCUT2D eigenvalue weighted by molar-refractivity contribution is -0.138. The van der Waals surface area contributed by atoms with E-state index in [2.05, 4.69) is 25.7 Å². The minimum absolute atomic E-state index is 0.148. The fourth-order valence-corrected chi connectivity index (χ4v) is 9.33. The van der Waals surface area contributed by atoms with Crippen LogP contribution in [0, 0.1) is 46.8 Å². The van der Waals surface area contributed by atoms with Crippen LogP contribution >= 0.6 is 0 Å². The van der Waals surface area contributed by atoms with Gasteiger partial charge in [-0.3, -0.25) is 14.5 Å². The van der Waals surface area contributed by atoms with Crippen molar-refractivity contribution in [1.82, 2.24) is 9.80 Å². The number of fused-ring (bicyclic) bond motifs is 5. The first-order chi connectivity index (χ1) is 15.6. The average molecular weight is 459 g/mol. The molecule has 9 atom stereocenters. The molecule has 1 N–H and O–H groups in total. The molecule has 4 saturated carbocycles. The molecule has 5 fully saturated rings. The summed E-state index contributed by atoms with van der Waals surface area (Å²) in [6.45, 7) is 12.2. The molecule has 5 heteroatoms. The first-order valence-electron chi connectivity index (χ1n) is 13.8. The van der Waals surface area contributed by atoms with Crippen molar-refractivity contribution in [2.75, 3.05) is 32.7 Å². The van der Waals surface area contributed by atoms with Crippen LogP contribution in [-0.2, 0) is 9.59 Å². The van der Waals surface area contributed by atoms with Crippen LogP contribution in [0.25, 0.3) is 0 Å². The summed E-state index contributed by atoms with van der Waals surface area (Å²) in [6.07, 6.45) is 9.58. The third-order valence-corrected chi connectivity index (χ3v) is 11.5. The Bertz CT molecular complexity index is 773. The molecule has 1 saturated heterocycles. The van der Waals surface area contributed by atoms with E-state index >= 15 is 0 Å². The summed E-state index contributed by atoms with van der Waals surface area (Å²) < 4.78 is 0. The van der Waals surface area contributed by atoms with Gasteiger partial charge >= 0.3 is 0 Å². The van der Waals surface area contributed by atoms with Crippen molar-refractivity contribution >= 4 is 11.7 Å². The molecule has 1 amide bonds. The van der Waals surface area contributed by atoms with Crippen LogP contribution in [0.1, 0.15) is 79.1 Å². The number of nitrogens with zero attached hydrogens (tertiary/aromatic N) is 2. The lowest BCUT2D eigenvalue weighted by Crippen LogP contribution is -2.53. The molecule has 33 heavy (non-hydrogen) atoms. The van der Waals surface area contributed by atoms with Crippen molar-refractivity contribution < 1.29 is 14.7 Å². The summed E-state index contributed by atoms with van der Waals surface area (Å²) in [7, 11) is 0. The van der Waals surface area contributed by atoms with Gasteiger partial charge in [0.25, 0.3) is 0 Å². The van der Waals surface area contributed by atoms with Crippen molar-refractivity contribution in [1.29, 1.82) is 0 Å². The highest BCUT2D eigenvalue weighted by Gasteiger charge is 2.59. The standard InChI is InChI=1S/C28H46N2O3/c1-18-15-23-20(16-28(18,4)33)5-6-22-21(23)9-10-27(3)24(22)7-8-25(27)26(32)17-29-11-13-30(14-12-29)19(2)31/h18,20-25,33H,5-17H2,1-4H3/t18-,20+,21+,22-,23+,24+,25-,27+,28+/m1/s1. The van der Waals surface area contributed by atoms with Gasteiger partial charge in [-0.05, 0) is 99.2 Å². The Morgan fingerprint density at radius 1 is 0.939 bits per heavy atom. The quantitative estimate of drug-likeness (QED) is 0.695. The molecule has 0 aromatic carbocycles. The van der Waals surface area contributed by atoms with Crippen LogP contribution in [0.4, 0.5) is 0 Å². The van der Waals surface area contributed by atoms with Crippen molar-refractivity contribution in [3.8, 4) is 0 Å². The minimum atomic E-state index is -0.488. The van der Waals surface area contributed by atoms with Crippen LogP contribution in [0.3, 0.4) is 0 Å². The summed E-state index contributed by atoms with van der Waals surface area (Å²) >= 11 is 0. The predicted octanol–water partition coefficient (Wildman–Crippen LogP) is 3.99. The number of ketones is 1. The number of Topliss-reactive ketones (excluding diaryl/α,β-unsaturated/α-hetero) is 1. The first-order valence-corrected chi connectivity index (χ1v) is 13.8. The maximum absolute atomic E-state index is 13.5. The molecule has 5 rings (SSSR count). The maximum Gasteiger partial charge on any atom is 0.219 e. The number of piperazine rings is 1. The van der Waals surface area contributed by atoms with Crippen LogP contribution in [0.5, 0.6) is 0 Å². The van der Waals surface area contributed by atoms with E-state index in [0.29, 0.717) is 30.1 Å². The minimum Gasteiger partial charge on any atom is -0.390 e. The second kappa shape index (κ2) is 8.62. The predicted molar refractivity (Wildman–Crippen MR) is 129 cm³/mol. The van der Waals surface area contributed by atoms with Gasteiger partial charge in [0.1, 0.15) is 5.78 Å². The Balaban J connectivity index is 1.23. The summed E-state index contributed by atoms with van der Waals surface area (Å²) in [4.78, 5) is 29.3. The second-order valence-electron chi connectivity index (χ2n) is 13.1. The van der Waals surface area contributed by atoms with E-state index < -0.39 is 5.60 Å². The number of hydrogen-bond acceptors (Lipinski definition) is 4. The molecule has 4 aliphatic carbocycles. The van der Waals surface area contributed by atoms with Crippen LogP contribution in [0.15, 0.2) is 0 Å². The smallest absolute Gasteiger partial charge is 0.219 e. The molecule has 0 unspecified atom stereocenters. The van der Waals surface area contributed by atoms with Gasteiger partial charge in [0.05, 0.1) is 12.1 Å². The summed E-state index contributed by atoms with van der Waals surface area (Å²) in [6, 6.07) is 0. The molecule has 0 bridgehead atoms. The number of carbonyl (C=O) groups is 2. The van der Waals surface area contributed by atoms with E-state index in [1.54, 1.807) is 6.92 Å². The molecule has 1 heterocycles. The molecule has 5 nitrogen and oxygen atoms in total. The van der Waals surface area contributed by atoms with Gasteiger partial charge in [-0.2, -0.15) is 0 Å². The van der Waals surface area contributed by atoms with Gasteiger partial charge in [-0.1, -0.05) is 13.8 Å². The van der Waals surface area contributed by atoms with E-state index in [1.807, 2.05) is 4.90 Å². The Kier molecular flexibility index (Phi) is 6.21. The third kappa shape index (κ3) is 4.09. The lowest BCUT2D eigenvalue weighted by Gasteiger charge is -2.58. The Hall–Kier alpha value is -0.940. The number of aliphatic hydroxyl groups is 1. The Labute approximate surface area is 200 Å². The zero-order valence-electron chi connectivity index (χ0n) is 21.4. The van der Waals surface area contributed by atoms with Crippen LogP contribution in [0.2, 0.25) is 0 Å². The second-order valence-corrected chi connectivity index (χ2v) is 13.1. The van der Waals surface area contributed by atoms with Gasteiger partial charge in [0.15, 0.2) is 0 Å². The fraction of sp³-hybridized carbons (Fsp3) is 0.929. The average Bonchev–Trinajstić information content (AvgIpc) is 3.12. The zero-order chi connectivity index (χ0) is 23.5. The molecule has 1 aliphatic heterocycles. The summed E-state index contributed by atoms with van der Waals surface area (Å²) in [5, 5.41) is 10.9. The van der Waals surface area contributed by atoms with Crippen molar-refractivity contribution in [3.63, 3.8) is 0 Å². The topological polar surface area (TPSA) is 60.9 Å². The van der Waals surface area contributed by atoms with Gasteiger partial charge in [0, 0.05) is 39.0 Å². The van der Waals surface area contributed by atoms with Gasteiger partial charge in [-0.15, -0.1) is 0 Å². The van der Waals surface area contributed by atoms with Gasteiger partial charge in [0.2, 0.25) is 5.91 Å². The molecule has 0 radical (unpaired) electrons. The zero-order valence-corrected chi connectivity index (χ0v) is 21.4. The monoisotopic (exact) mass is 458 g/mol. The third-order valence-electron chi connectivity index (χ3n) is 11.5. The van der Waals surface area contributed by atoms with Crippen LogP contribution < -0.4 is 0 Å². The molecule has 0 aromatic heterocycles. The highest BCUT2D eigenvalue weighted by molar-refractivity contribution is 5.84. The van der Waals surface area contributed by atoms with Gasteiger partial charge < -0.3 is 10.0 Å². The molecular weight excluding hydrogens is 412 g/mol. The highest BCUT2D eigenvalue weighted by Crippen LogP contribution is 2.65. The van der Waals surface area contributed by atoms with Crippen molar-refractivity contribution in [2.45, 2.75) is 84.7 Å². The molecule has 186 valence electrons. The fourth-order valence-electron chi connectivity index (χ4n) is 9.33. The molecule has 0 spiro atoms. The number of rotatable bonds is 3. The van der Waals surface area contributed by atoms with E-state index in [0.717, 1.165) is 56.8 Å². The summed E-state index contributed by atoms with van der Waals surface area (Å²) in [5.74, 6) is 5.03. The maximum atomic E-state index is 13.5. The van der Waals surface area contributed by atoms with E-state index in [1.165, 1.54) is 38.5 Å². The van der Waals surface area contributed by atoms with Crippen LogP contribution in [-0.4, -0.2) is 64.9 Å². The Morgan fingerprint density at radius 2 is 1.67 bits per heavy atom. The number of carbonyl (C=O) groups excluding carboxylic acids is 2. The number of amides is 1. The van der Waals surface area contributed by atoms with E-state index in [-0.39, 0.29) is 17.2 Å². The summed E-state index contributed by atoms with van der Waals surface area (Å²) in [5.41, 5.74) is -0.309. The molecule has 0 aromatic rings. The number of hydrogen-bond donors (Lipinski definition) is 1. The largest absolute Gasteiger partial charge is 0.390 e. The van der Waals surface area contributed by atoms with Crippen molar-refractivity contribution in [2.24, 2.45) is 46.8 Å². The highest BCUT2D eigenvalue weighted by atomic mass is 16.3. The SMILES string of the molecule is CC(=O)N1CCN(CC(=O)[C@H]2CC[C@H]3[C@@H]4CC[C@H]5C[C@](C)(O)[C@H](C)C[C@@H]5[C@H]4CC[C@]23C)CC1. The molecular formula is C28H46N2O3. The first kappa shape index (κ1) is 23.8.